The van der Waals surface area contributed by atoms with Crippen LogP contribution in [0, 0.1) is 5.82 Å². The molecule has 0 spiro atoms. The van der Waals surface area contributed by atoms with Crippen LogP contribution >= 0.6 is 0 Å². The first-order valence-corrected chi connectivity index (χ1v) is 14.6. The van der Waals surface area contributed by atoms with Crippen molar-refractivity contribution < 1.29 is 32.1 Å². The summed E-state index contributed by atoms with van der Waals surface area (Å²) in [4.78, 5) is 44.1. The van der Waals surface area contributed by atoms with Crippen molar-refractivity contribution in [2.24, 2.45) is 0 Å². The fourth-order valence-electron chi connectivity index (χ4n) is 6.91. The minimum Gasteiger partial charge on any atom is -0.354 e. The van der Waals surface area contributed by atoms with E-state index in [4.69, 9.17) is 4.52 Å². The van der Waals surface area contributed by atoms with Crippen molar-refractivity contribution in [3.8, 4) is 0 Å². The van der Waals surface area contributed by atoms with E-state index in [0.717, 1.165) is 11.1 Å². The molecule has 4 aliphatic rings. The van der Waals surface area contributed by atoms with Crippen LogP contribution in [0.4, 0.5) is 19.0 Å². The van der Waals surface area contributed by atoms with Crippen LogP contribution in [0.1, 0.15) is 40.7 Å². The van der Waals surface area contributed by atoms with Gasteiger partial charge >= 0.3 is 0 Å². The summed E-state index contributed by atoms with van der Waals surface area (Å²) < 4.78 is 49.9. The number of halogens is 3. The monoisotopic (exact) mass is 596 g/mol. The molecule has 43 heavy (non-hydrogen) atoms. The van der Waals surface area contributed by atoms with Crippen LogP contribution in [0.25, 0.3) is 11.0 Å². The number of piperazine rings is 1. The van der Waals surface area contributed by atoms with Gasteiger partial charge in [0, 0.05) is 63.9 Å². The van der Waals surface area contributed by atoms with Crippen LogP contribution in [0.15, 0.2) is 40.9 Å². The second kappa shape index (κ2) is 10.6. The highest BCUT2D eigenvalue weighted by molar-refractivity contribution is 6.05. The van der Waals surface area contributed by atoms with Gasteiger partial charge in [0.25, 0.3) is 11.8 Å². The molecule has 0 radical (unpaired) electrons. The Labute approximate surface area is 245 Å². The zero-order valence-corrected chi connectivity index (χ0v) is 23.4. The molecule has 10 nitrogen and oxygen atoms in total. The van der Waals surface area contributed by atoms with Gasteiger partial charge in [0.1, 0.15) is 11.9 Å². The number of fused-ring (bicyclic) bond motifs is 2. The number of piperidine rings is 2. The Bertz CT molecular complexity index is 1600. The highest BCUT2D eigenvalue weighted by atomic mass is 19.3. The van der Waals surface area contributed by atoms with Crippen LogP contribution in [-0.2, 0) is 22.7 Å². The van der Waals surface area contributed by atoms with Gasteiger partial charge in [0.15, 0.2) is 11.4 Å². The Morgan fingerprint density at radius 2 is 1.81 bits per heavy atom. The molecular formula is C30H31F3N6O4. The summed E-state index contributed by atoms with van der Waals surface area (Å²) in [5.74, 6) is -3.81. The summed E-state index contributed by atoms with van der Waals surface area (Å²) in [5.41, 5.74) is 2.38. The molecule has 2 unspecified atom stereocenters. The molecule has 3 saturated heterocycles. The van der Waals surface area contributed by atoms with Gasteiger partial charge in [0.2, 0.25) is 11.8 Å². The molecule has 4 aliphatic heterocycles. The average molecular weight is 597 g/mol. The van der Waals surface area contributed by atoms with Gasteiger partial charge in [-0.3, -0.25) is 29.5 Å². The Hall–Kier alpha value is -3.97. The third-order valence-electron chi connectivity index (χ3n) is 9.11. The summed E-state index contributed by atoms with van der Waals surface area (Å²) in [6.07, 6.45) is 0.781. The van der Waals surface area contributed by atoms with E-state index >= 15 is 8.78 Å². The van der Waals surface area contributed by atoms with Gasteiger partial charge in [-0.05, 0) is 42.2 Å². The zero-order valence-electron chi connectivity index (χ0n) is 23.4. The molecule has 1 aromatic heterocycles. The largest absolute Gasteiger partial charge is 0.354 e. The second-order valence-electron chi connectivity index (χ2n) is 11.8. The zero-order chi connectivity index (χ0) is 29.9. The van der Waals surface area contributed by atoms with Crippen molar-refractivity contribution in [2.45, 2.75) is 50.4 Å². The number of nitrogens with one attached hydrogen (secondary N) is 1. The van der Waals surface area contributed by atoms with Gasteiger partial charge in [-0.25, -0.2) is 13.2 Å². The molecule has 2 atom stereocenters. The maximum atomic E-state index is 15.5. The third-order valence-corrected chi connectivity index (χ3v) is 9.11. The topological polar surface area (TPSA) is 102 Å². The molecule has 0 saturated carbocycles. The number of amides is 3. The molecule has 3 aromatic rings. The lowest BCUT2D eigenvalue weighted by atomic mass is 9.97. The highest BCUT2D eigenvalue weighted by Crippen LogP contribution is 2.35. The first-order valence-electron chi connectivity index (χ1n) is 14.6. The predicted molar refractivity (Wildman–Crippen MR) is 149 cm³/mol. The minimum absolute atomic E-state index is 0.183. The van der Waals surface area contributed by atoms with E-state index in [1.54, 1.807) is 17.0 Å². The van der Waals surface area contributed by atoms with Crippen molar-refractivity contribution in [1.29, 1.82) is 0 Å². The number of likely N-dealkylation sites (tertiary alicyclic amines) is 1. The summed E-state index contributed by atoms with van der Waals surface area (Å²) >= 11 is 0. The SMILES string of the molecule is O=C1CCC(N2Cc3ccc(CN4CCC(N5CCN(c6noc7cc(F)ccc67)CC5)C(F)(F)C4)cc3C2=O)C(=O)N1. The lowest BCUT2D eigenvalue weighted by Crippen LogP contribution is -2.61. The number of aromatic nitrogens is 1. The molecule has 13 heteroatoms. The van der Waals surface area contributed by atoms with E-state index in [1.165, 1.54) is 17.0 Å². The fraction of sp³-hybridized carbons (Fsp3) is 0.467. The number of rotatable bonds is 5. The number of carbonyl (C=O) groups is 3. The molecule has 2 aromatic carbocycles. The normalized spacial score (nSPS) is 25.0. The van der Waals surface area contributed by atoms with Crippen molar-refractivity contribution >= 4 is 34.5 Å². The number of benzene rings is 2. The van der Waals surface area contributed by atoms with E-state index < -0.39 is 29.7 Å². The number of carbonyl (C=O) groups excluding carboxylic acids is 3. The van der Waals surface area contributed by atoms with Crippen LogP contribution in [-0.4, -0.2) is 94.9 Å². The number of hydrogen-bond acceptors (Lipinski definition) is 8. The van der Waals surface area contributed by atoms with Gasteiger partial charge in [-0.2, -0.15) is 0 Å². The van der Waals surface area contributed by atoms with Gasteiger partial charge in [-0.1, -0.05) is 17.3 Å². The summed E-state index contributed by atoms with van der Waals surface area (Å²) in [6.45, 7) is 2.59. The number of hydrogen-bond donors (Lipinski definition) is 1. The van der Waals surface area contributed by atoms with E-state index in [2.05, 4.69) is 10.5 Å². The van der Waals surface area contributed by atoms with E-state index in [1.807, 2.05) is 21.9 Å². The molecule has 1 N–H and O–H groups in total. The fourth-order valence-corrected chi connectivity index (χ4v) is 6.91. The smallest absolute Gasteiger partial charge is 0.275 e. The molecule has 3 amide bonds. The number of alkyl halides is 2. The average Bonchev–Trinajstić information content (AvgIpc) is 3.53. The molecule has 7 rings (SSSR count). The summed E-state index contributed by atoms with van der Waals surface area (Å²) in [6, 6.07) is 8.11. The Kier molecular flexibility index (Phi) is 6.88. The summed E-state index contributed by atoms with van der Waals surface area (Å²) in [5, 5.41) is 7.09. The Balaban J connectivity index is 0.961. The molecular weight excluding hydrogens is 565 g/mol. The maximum absolute atomic E-state index is 15.5. The van der Waals surface area contributed by atoms with Crippen molar-refractivity contribution in [2.75, 3.05) is 44.2 Å². The number of imide groups is 1. The van der Waals surface area contributed by atoms with Gasteiger partial charge < -0.3 is 14.3 Å². The number of nitrogens with zero attached hydrogens (tertiary/aromatic N) is 5. The molecule has 3 fully saturated rings. The van der Waals surface area contributed by atoms with Crippen LogP contribution in [0.5, 0.6) is 0 Å². The van der Waals surface area contributed by atoms with Crippen molar-refractivity contribution in [1.82, 2.24) is 25.2 Å². The van der Waals surface area contributed by atoms with Crippen LogP contribution in [0.3, 0.4) is 0 Å². The lowest BCUT2D eigenvalue weighted by Gasteiger charge is -2.46. The highest BCUT2D eigenvalue weighted by Gasteiger charge is 2.48. The maximum Gasteiger partial charge on any atom is 0.275 e. The van der Waals surface area contributed by atoms with E-state index in [0.29, 0.717) is 61.5 Å². The molecule has 226 valence electrons. The molecule has 0 bridgehead atoms. The minimum atomic E-state index is -2.92. The number of anilines is 1. The Morgan fingerprint density at radius 1 is 1.00 bits per heavy atom. The molecule has 0 aliphatic carbocycles. The van der Waals surface area contributed by atoms with E-state index in [-0.39, 0.29) is 44.3 Å². The first kappa shape index (κ1) is 27.8. The van der Waals surface area contributed by atoms with Gasteiger partial charge in [0.05, 0.1) is 18.0 Å². The second-order valence-corrected chi connectivity index (χ2v) is 11.8. The first-order chi connectivity index (χ1) is 20.7. The summed E-state index contributed by atoms with van der Waals surface area (Å²) in [7, 11) is 0. The lowest BCUT2D eigenvalue weighted by molar-refractivity contribution is -0.137. The van der Waals surface area contributed by atoms with Crippen molar-refractivity contribution in [3.63, 3.8) is 0 Å². The molecule has 5 heterocycles. The van der Waals surface area contributed by atoms with Crippen LogP contribution < -0.4 is 10.2 Å². The Morgan fingerprint density at radius 3 is 2.58 bits per heavy atom. The predicted octanol–water partition coefficient (Wildman–Crippen LogP) is 2.76. The quantitative estimate of drug-likeness (QED) is 0.449. The third kappa shape index (κ3) is 5.14. The standard InChI is InChI=1S/C30H31F3N6O4/c31-20-3-4-21-24(14-20)43-35-27(21)38-11-9-37(10-12-38)25-7-8-36(17-30(25,32)33)15-18-1-2-19-16-39(29(42)22(19)13-18)23-5-6-26(40)34-28(23)41/h1-4,13-14,23,25H,5-12,15-17H2,(H,34,40,41). The van der Waals surface area contributed by atoms with Crippen LogP contribution in [0.2, 0.25) is 0 Å². The van der Waals surface area contributed by atoms with E-state index in [9.17, 15) is 18.8 Å². The van der Waals surface area contributed by atoms with Crippen molar-refractivity contribution in [3.05, 3.63) is 58.9 Å². The van der Waals surface area contributed by atoms with Gasteiger partial charge in [-0.15, -0.1) is 0 Å².